The van der Waals surface area contributed by atoms with E-state index in [2.05, 4.69) is 10.4 Å². The number of halogens is 1. The number of amides is 1. The maximum atomic E-state index is 14.2. The van der Waals surface area contributed by atoms with E-state index in [1.165, 1.54) is 16.8 Å². The van der Waals surface area contributed by atoms with Gasteiger partial charge in [-0.25, -0.2) is 9.07 Å². The van der Waals surface area contributed by atoms with E-state index in [1.807, 2.05) is 18.2 Å². The van der Waals surface area contributed by atoms with E-state index in [4.69, 9.17) is 0 Å². The Morgan fingerprint density at radius 3 is 2.64 bits per heavy atom. The number of carbonyl (C=O) groups is 1. The molecule has 0 spiro atoms. The van der Waals surface area contributed by atoms with Gasteiger partial charge in [-0.2, -0.15) is 5.10 Å². The predicted octanol–water partition coefficient (Wildman–Crippen LogP) is 2.65. The maximum absolute atomic E-state index is 14.2. The lowest BCUT2D eigenvalue weighted by molar-refractivity contribution is 0.0526. The van der Waals surface area contributed by atoms with Gasteiger partial charge in [0.2, 0.25) is 0 Å². The monoisotopic (exact) mass is 339 g/mol. The molecule has 1 aromatic heterocycles. The Morgan fingerprint density at radius 2 is 2.00 bits per heavy atom. The molecule has 25 heavy (non-hydrogen) atoms. The normalized spacial score (nSPS) is 13.2. The molecule has 3 rings (SSSR count). The zero-order valence-corrected chi connectivity index (χ0v) is 13.7. The molecular weight excluding hydrogens is 321 g/mol. The highest BCUT2D eigenvalue weighted by molar-refractivity contribution is 5.94. The molecule has 1 unspecified atom stereocenters. The molecule has 0 aliphatic rings. The molecule has 0 saturated carbocycles. The minimum atomic E-state index is -1.22. The number of hydrogen-bond acceptors (Lipinski definition) is 3. The molecule has 1 amide bonds. The zero-order chi connectivity index (χ0) is 17.9. The molecule has 2 aromatic carbocycles. The van der Waals surface area contributed by atoms with Crippen molar-refractivity contribution < 1.29 is 14.3 Å². The largest absolute Gasteiger partial charge is 0.384 e. The van der Waals surface area contributed by atoms with Gasteiger partial charge in [-0.15, -0.1) is 0 Å². The van der Waals surface area contributed by atoms with E-state index in [0.717, 1.165) is 6.07 Å². The summed E-state index contributed by atoms with van der Waals surface area (Å²) in [5.41, 5.74) is -0.0876. The summed E-state index contributed by atoms with van der Waals surface area (Å²) in [5, 5.41) is 17.1. The van der Waals surface area contributed by atoms with Gasteiger partial charge in [-0.1, -0.05) is 30.3 Å². The van der Waals surface area contributed by atoms with Crippen molar-refractivity contribution in [3.05, 3.63) is 83.9 Å². The standard InChI is InChI=1S/C19H18FN3O2/c1-19(25,15-6-3-2-4-7-15)13-21-18(24)14-8-9-17(16(20)12-14)23-11-5-10-22-23/h2-12,25H,13H2,1H3,(H,21,24). The Labute approximate surface area is 144 Å². The highest BCUT2D eigenvalue weighted by Crippen LogP contribution is 2.19. The van der Waals surface area contributed by atoms with Gasteiger partial charge in [-0.05, 0) is 36.8 Å². The van der Waals surface area contributed by atoms with Crippen LogP contribution in [0.3, 0.4) is 0 Å². The second-order valence-electron chi connectivity index (χ2n) is 5.94. The van der Waals surface area contributed by atoms with Crippen LogP contribution >= 0.6 is 0 Å². The summed E-state index contributed by atoms with van der Waals surface area (Å²) in [6, 6.07) is 14.9. The summed E-state index contributed by atoms with van der Waals surface area (Å²) in [6.07, 6.45) is 3.17. The molecule has 2 N–H and O–H groups in total. The summed E-state index contributed by atoms with van der Waals surface area (Å²) < 4.78 is 15.6. The maximum Gasteiger partial charge on any atom is 0.251 e. The fraction of sp³-hybridized carbons (Fsp3) is 0.158. The van der Waals surface area contributed by atoms with Gasteiger partial charge in [0.15, 0.2) is 0 Å². The lowest BCUT2D eigenvalue weighted by atomic mass is 9.96. The molecule has 0 bridgehead atoms. The van der Waals surface area contributed by atoms with Crippen LogP contribution < -0.4 is 5.32 Å². The SMILES string of the molecule is CC(O)(CNC(=O)c1ccc(-n2cccn2)c(F)c1)c1ccccc1. The van der Waals surface area contributed by atoms with E-state index in [1.54, 1.807) is 37.5 Å². The van der Waals surface area contributed by atoms with Crippen LogP contribution in [0.2, 0.25) is 0 Å². The van der Waals surface area contributed by atoms with E-state index < -0.39 is 17.3 Å². The van der Waals surface area contributed by atoms with Crippen LogP contribution in [0.5, 0.6) is 0 Å². The van der Waals surface area contributed by atoms with Crippen LogP contribution in [-0.4, -0.2) is 27.3 Å². The van der Waals surface area contributed by atoms with Gasteiger partial charge in [0, 0.05) is 18.0 Å². The van der Waals surface area contributed by atoms with Gasteiger partial charge >= 0.3 is 0 Å². The summed E-state index contributed by atoms with van der Waals surface area (Å²) in [4.78, 5) is 12.3. The summed E-state index contributed by atoms with van der Waals surface area (Å²) in [7, 11) is 0. The first kappa shape index (κ1) is 16.9. The first-order valence-corrected chi connectivity index (χ1v) is 7.83. The first-order chi connectivity index (χ1) is 12.0. The van der Waals surface area contributed by atoms with E-state index in [-0.39, 0.29) is 17.8 Å². The van der Waals surface area contributed by atoms with Crippen molar-refractivity contribution in [2.75, 3.05) is 6.54 Å². The van der Waals surface area contributed by atoms with Crippen LogP contribution in [0.15, 0.2) is 67.0 Å². The fourth-order valence-electron chi connectivity index (χ4n) is 2.50. The Bertz CT molecular complexity index is 862. The van der Waals surface area contributed by atoms with Crippen molar-refractivity contribution in [3.63, 3.8) is 0 Å². The number of benzene rings is 2. The quantitative estimate of drug-likeness (QED) is 0.751. The number of aromatic nitrogens is 2. The molecule has 0 fully saturated rings. The molecule has 0 saturated heterocycles. The van der Waals surface area contributed by atoms with Crippen molar-refractivity contribution in [2.45, 2.75) is 12.5 Å². The van der Waals surface area contributed by atoms with E-state index >= 15 is 0 Å². The molecule has 1 heterocycles. The number of aliphatic hydroxyl groups is 1. The number of rotatable bonds is 5. The van der Waals surface area contributed by atoms with Crippen molar-refractivity contribution in [3.8, 4) is 5.69 Å². The minimum Gasteiger partial charge on any atom is -0.384 e. The molecule has 0 aliphatic carbocycles. The van der Waals surface area contributed by atoms with Crippen LogP contribution in [0.1, 0.15) is 22.8 Å². The smallest absolute Gasteiger partial charge is 0.251 e. The predicted molar refractivity (Wildman–Crippen MR) is 91.9 cm³/mol. The van der Waals surface area contributed by atoms with Crippen LogP contribution in [0.25, 0.3) is 5.69 Å². The van der Waals surface area contributed by atoms with Crippen molar-refractivity contribution in [1.82, 2.24) is 15.1 Å². The molecule has 0 aliphatic heterocycles. The molecule has 5 nitrogen and oxygen atoms in total. The average molecular weight is 339 g/mol. The third-order valence-corrected chi connectivity index (χ3v) is 3.95. The van der Waals surface area contributed by atoms with Gasteiger partial charge in [0.05, 0.1) is 6.54 Å². The highest BCUT2D eigenvalue weighted by atomic mass is 19.1. The molecule has 0 radical (unpaired) electrons. The van der Waals surface area contributed by atoms with Crippen molar-refractivity contribution >= 4 is 5.91 Å². The summed E-state index contributed by atoms with van der Waals surface area (Å²) >= 11 is 0. The second-order valence-corrected chi connectivity index (χ2v) is 5.94. The first-order valence-electron chi connectivity index (χ1n) is 7.83. The molecule has 6 heteroatoms. The van der Waals surface area contributed by atoms with E-state index in [0.29, 0.717) is 5.56 Å². The Hall–Kier alpha value is -2.99. The van der Waals surface area contributed by atoms with Gasteiger partial charge in [-0.3, -0.25) is 4.79 Å². The molecule has 3 aromatic rings. The van der Waals surface area contributed by atoms with Gasteiger partial charge in [0.25, 0.3) is 5.91 Å². The number of nitrogens with zero attached hydrogens (tertiary/aromatic N) is 2. The molecule has 128 valence electrons. The number of carbonyl (C=O) groups excluding carboxylic acids is 1. The summed E-state index contributed by atoms with van der Waals surface area (Å²) in [6.45, 7) is 1.63. The lowest BCUT2D eigenvalue weighted by Gasteiger charge is -2.24. The lowest BCUT2D eigenvalue weighted by Crippen LogP contribution is -2.38. The molecule has 1 atom stereocenters. The Kier molecular flexibility index (Phi) is 4.63. The summed E-state index contributed by atoms with van der Waals surface area (Å²) in [5.74, 6) is -1.01. The highest BCUT2D eigenvalue weighted by Gasteiger charge is 2.24. The van der Waals surface area contributed by atoms with Gasteiger partial charge in [0.1, 0.15) is 17.1 Å². The number of hydrogen-bond donors (Lipinski definition) is 2. The van der Waals surface area contributed by atoms with Crippen molar-refractivity contribution in [1.29, 1.82) is 0 Å². The Morgan fingerprint density at radius 1 is 1.24 bits per heavy atom. The van der Waals surface area contributed by atoms with Crippen LogP contribution in [0.4, 0.5) is 4.39 Å². The topological polar surface area (TPSA) is 67.2 Å². The van der Waals surface area contributed by atoms with Crippen LogP contribution in [-0.2, 0) is 5.60 Å². The third kappa shape index (κ3) is 3.75. The molecular formula is C19H18FN3O2. The fourth-order valence-corrected chi connectivity index (χ4v) is 2.50. The average Bonchev–Trinajstić information content (AvgIpc) is 3.15. The van der Waals surface area contributed by atoms with E-state index in [9.17, 15) is 14.3 Å². The second kappa shape index (κ2) is 6.86. The van der Waals surface area contributed by atoms with Crippen LogP contribution in [0, 0.1) is 5.82 Å². The third-order valence-electron chi connectivity index (χ3n) is 3.95. The number of nitrogens with one attached hydrogen (secondary N) is 1. The van der Waals surface area contributed by atoms with Gasteiger partial charge < -0.3 is 10.4 Å². The Balaban J connectivity index is 1.70. The zero-order valence-electron chi connectivity index (χ0n) is 13.7. The van der Waals surface area contributed by atoms with Crippen molar-refractivity contribution in [2.24, 2.45) is 0 Å². The minimum absolute atomic E-state index is 0.0123.